The van der Waals surface area contributed by atoms with Crippen LogP contribution in [0.15, 0.2) is 21.5 Å². The summed E-state index contributed by atoms with van der Waals surface area (Å²) in [6, 6.07) is 2.93. The highest BCUT2D eigenvalue weighted by atomic mass is 79.9. The zero-order valence-corrected chi connectivity index (χ0v) is 14.8. The number of nitrogens with one attached hydrogen (secondary N) is 1. The highest BCUT2D eigenvalue weighted by molar-refractivity contribution is 9.10. The molecule has 1 aromatic rings. The third-order valence-electron chi connectivity index (χ3n) is 3.03. The number of aryl methyl sites for hydroxylation is 1. The lowest BCUT2D eigenvalue weighted by molar-refractivity contribution is 0.0952. The Labute approximate surface area is 134 Å². The molecule has 118 valence electrons. The van der Waals surface area contributed by atoms with E-state index in [0.29, 0.717) is 28.1 Å². The van der Waals surface area contributed by atoms with Crippen molar-refractivity contribution in [3.05, 3.63) is 27.7 Å². The molecule has 21 heavy (non-hydrogen) atoms. The summed E-state index contributed by atoms with van der Waals surface area (Å²) in [5.74, 6) is 0.296. The number of nitrogens with two attached hydrogens (primary N) is 1. The van der Waals surface area contributed by atoms with E-state index in [9.17, 15) is 13.2 Å². The zero-order chi connectivity index (χ0) is 16.2. The first-order valence-electron chi connectivity index (χ1n) is 6.74. The molecular formula is C14H21BrN2O3S. The number of halogens is 1. The molecule has 0 saturated carbocycles. The quantitative estimate of drug-likeness (QED) is 0.747. The predicted octanol–water partition coefficient (Wildman–Crippen LogP) is 2.57. The molecule has 0 aromatic heterocycles. The first-order valence-corrected chi connectivity index (χ1v) is 9.08. The van der Waals surface area contributed by atoms with Crippen LogP contribution in [0.2, 0.25) is 0 Å². The van der Waals surface area contributed by atoms with Crippen LogP contribution >= 0.6 is 15.9 Å². The highest BCUT2D eigenvalue weighted by Gasteiger charge is 2.18. The number of amides is 1. The van der Waals surface area contributed by atoms with Crippen LogP contribution in [-0.4, -0.2) is 20.9 Å². The molecule has 0 aliphatic heterocycles. The van der Waals surface area contributed by atoms with E-state index in [2.05, 4.69) is 35.1 Å². The molecule has 0 aliphatic rings. The van der Waals surface area contributed by atoms with E-state index in [1.165, 1.54) is 6.07 Å². The summed E-state index contributed by atoms with van der Waals surface area (Å²) in [7, 11) is -3.88. The smallest absolute Gasteiger partial charge is 0.251 e. The predicted molar refractivity (Wildman–Crippen MR) is 86.7 cm³/mol. The summed E-state index contributed by atoms with van der Waals surface area (Å²) in [5.41, 5.74) is 0.943. The molecular weight excluding hydrogens is 356 g/mol. The van der Waals surface area contributed by atoms with Gasteiger partial charge >= 0.3 is 0 Å². The van der Waals surface area contributed by atoms with Crippen LogP contribution in [0.3, 0.4) is 0 Å². The second-order valence-electron chi connectivity index (χ2n) is 5.44. The molecule has 3 N–H and O–H groups in total. The lowest BCUT2D eigenvalue weighted by Crippen LogP contribution is -2.25. The van der Waals surface area contributed by atoms with E-state index in [-0.39, 0.29) is 10.8 Å². The van der Waals surface area contributed by atoms with Crippen LogP contribution in [0.4, 0.5) is 0 Å². The molecule has 0 aliphatic carbocycles. The van der Waals surface area contributed by atoms with Gasteiger partial charge in [0.2, 0.25) is 10.0 Å². The molecule has 1 aromatic carbocycles. The summed E-state index contributed by atoms with van der Waals surface area (Å²) in [4.78, 5) is 12.0. The maximum Gasteiger partial charge on any atom is 0.251 e. The fourth-order valence-electron chi connectivity index (χ4n) is 1.89. The molecule has 7 heteroatoms. The minimum Gasteiger partial charge on any atom is -0.352 e. The van der Waals surface area contributed by atoms with E-state index in [0.717, 1.165) is 12.8 Å². The van der Waals surface area contributed by atoms with Crippen molar-refractivity contribution in [2.24, 2.45) is 11.1 Å². The van der Waals surface area contributed by atoms with Gasteiger partial charge in [-0.15, -0.1) is 0 Å². The monoisotopic (exact) mass is 376 g/mol. The minimum absolute atomic E-state index is 0.0742. The highest BCUT2D eigenvalue weighted by Crippen LogP contribution is 2.26. The number of primary sulfonamides is 1. The Bertz CT molecular complexity index is 627. The van der Waals surface area contributed by atoms with E-state index >= 15 is 0 Å². The first kappa shape index (κ1) is 18.1. The molecule has 0 heterocycles. The third-order valence-corrected chi connectivity index (χ3v) is 5.28. The SMILES string of the molecule is Cc1cc(C(=O)NCCCC(C)C)cc(S(N)(=O)=O)c1Br. The van der Waals surface area contributed by atoms with Crippen LogP contribution in [0, 0.1) is 12.8 Å². The van der Waals surface area contributed by atoms with Gasteiger partial charge in [-0.25, -0.2) is 13.6 Å². The van der Waals surface area contributed by atoms with Gasteiger partial charge in [0.05, 0.1) is 4.90 Å². The lowest BCUT2D eigenvalue weighted by atomic mass is 10.1. The maximum absolute atomic E-state index is 12.1. The molecule has 0 atom stereocenters. The van der Waals surface area contributed by atoms with E-state index < -0.39 is 10.0 Å². The summed E-state index contributed by atoms with van der Waals surface area (Å²) in [6.07, 6.45) is 1.92. The topological polar surface area (TPSA) is 89.3 Å². The molecule has 0 fully saturated rings. The van der Waals surface area contributed by atoms with Gasteiger partial charge in [-0.2, -0.15) is 0 Å². The van der Waals surface area contributed by atoms with Crippen molar-refractivity contribution < 1.29 is 13.2 Å². The van der Waals surface area contributed by atoms with Crippen LogP contribution in [0.25, 0.3) is 0 Å². The Morgan fingerprint density at radius 2 is 2.00 bits per heavy atom. The van der Waals surface area contributed by atoms with Gasteiger partial charge in [0, 0.05) is 16.6 Å². The van der Waals surface area contributed by atoms with Gasteiger partial charge in [-0.05, 0) is 59.3 Å². The molecule has 5 nitrogen and oxygen atoms in total. The number of hydrogen-bond acceptors (Lipinski definition) is 3. The Hall–Kier alpha value is -0.920. The van der Waals surface area contributed by atoms with Crippen LogP contribution in [0.1, 0.15) is 42.6 Å². The minimum atomic E-state index is -3.88. The van der Waals surface area contributed by atoms with Crippen molar-refractivity contribution in [2.45, 2.75) is 38.5 Å². The number of benzene rings is 1. The fourth-order valence-corrected chi connectivity index (χ4v) is 3.50. The van der Waals surface area contributed by atoms with Crippen molar-refractivity contribution in [1.82, 2.24) is 5.32 Å². The lowest BCUT2D eigenvalue weighted by Gasteiger charge is -2.10. The van der Waals surface area contributed by atoms with Gasteiger partial charge < -0.3 is 5.32 Å². The number of hydrogen-bond donors (Lipinski definition) is 2. The Balaban J connectivity index is 2.89. The van der Waals surface area contributed by atoms with Gasteiger partial charge in [0.15, 0.2) is 0 Å². The zero-order valence-electron chi connectivity index (χ0n) is 12.4. The molecule has 0 spiro atoms. The van der Waals surface area contributed by atoms with Crippen LogP contribution < -0.4 is 10.5 Å². The Morgan fingerprint density at radius 3 is 2.52 bits per heavy atom. The standard InChI is InChI=1S/C14H21BrN2O3S/c1-9(2)5-4-6-17-14(18)11-7-10(3)13(15)12(8-11)21(16,19)20/h7-9H,4-6H2,1-3H3,(H,17,18)(H2,16,19,20). The molecule has 0 unspecified atom stereocenters. The van der Waals surface area contributed by atoms with Crippen molar-refractivity contribution >= 4 is 31.9 Å². The van der Waals surface area contributed by atoms with E-state index in [4.69, 9.17) is 5.14 Å². The van der Waals surface area contributed by atoms with Crippen LogP contribution in [-0.2, 0) is 10.0 Å². The third kappa shape index (κ3) is 5.41. The van der Waals surface area contributed by atoms with Crippen molar-refractivity contribution in [2.75, 3.05) is 6.54 Å². The average molecular weight is 377 g/mol. The number of carbonyl (C=O) groups is 1. The van der Waals surface area contributed by atoms with E-state index in [1.54, 1.807) is 13.0 Å². The second-order valence-corrected chi connectivity index (χ2v) is 7.77. The molecule has 0 bridgehead atoms. The van der Waals surface area contributed by atoms with Crippen molar-refractivity contribution in [3.8, 4) is 0 Å². The molecule has 0 radical (unpaired) electrons. The fraction of sp³-hybridized carbons (Fsp3) is 0.500. The van der Waals surface area contributed by atoms with Gasteiger partial charge in [0.1, 0.15) is 0 Å². The number of sulfonamides is 1. The van der Waals surface area contributed by atoms with Gasteiger partial charge in [0.25, 0.3) is 5.91 Å². The maximum atomic E-state index is 12.1. The number of carbonyl (C=O) groups excluding carboxylic acids is 1. The van der Waals surface area contributed by atoms with E-state index in [1.807, 2.05) is 0 Å². The summed E-state index contributed by atoms with van der Waals surface area (Å²) >= 11 is 3.19. The summed E-state index contributed by atoms with van der Waals surface area (Å²) in [5, 5.41) is 7.95. The summed E-state index contributed by atoms with van der Waals surface area (Å²) in [6.45, 7) is 6.53. The second kappa shape index (κ2) is 7.38. The normalized spacial score (nSPS) is 11.7. The van der Waals surface area contributed by atoms with Crippen LogP contribution in [0.5, 0.6) is 0 Å². The van der Waals surface area contributed by atoms with Crippen molar-refractivity contribution in [3.63, 3.8) is 0 Å². The molecule has 1 amide bonds. The Kier molecular flexibility index (Phi) is 6.37. The average Bonchev–Trinajstić information content (AvgIpc) is 2.35. The number of rotatable bonds is 6. The van der Waals surface area contributed by atoms with Crippen molar-refractivity contribution in [1.29, 1.82) is 0 Å². The van der Waals surface area contributed by atoms with Gasteiger partial charge in [-0.1, -0.05) is 13.8 Å². The molecule has 0 saturated heterocycles. The molecule has 1 rings (SSSR count). The largest absolute Gasteiger partial charge is 0.352 e. The Morgan fingerprint density at radius 1 is 1.38 bits per heavy atom. The summed E-state index contributed by atoms with van der Waals surface area (Å²) < 4.78 is 23.5. The first-order chi connectivity index (χ1) is 9.62. The van der Waals surface area contributed by atoms with Gasteiger partial charge in [-0.3, -0.25) is 4.79 Å².